The molecule has 0 saturated carbocycles. The smallest absolute Gasteiger partial charge is 0.410 e. The van der Waals surface area contributed by atoms with E-state index in [1.54, 1.807) is 78.9 Å². The number of rotatable bonds is 18. The van der Waals surface area contributed by atoms with E-state index in [1.807, 2.05) is 30.3 Å². The zero-order valence-corrected chi connectivity index (χ0v) is 28.4. The first-order chi connectivity index (χ1) is 24.9. The van der Waals surface area contributed by atoms with E-state index in [9.17, 15) is 19.2 Å². The molecule has 0 saturated heterocycles. The Morgan fingerprint density at radius 1 is 0.353 bits per heavy atom. The van der Waals surface area contributed by atoms with Crippen LogP contribution in [0.5, 0.6) is 23.0 Å². The highest BCUT2D eigenvalue weighted by molar-refractivity contribution is 5.73. The van der Waals surface area contributed by atoms with Crippen molar-refractivity contribution in [3.63, 3.8) is 0 Å². The summed E-state index contributed by atoms with van der Waals surface area (Å²) in [5, 5.41) is 10.9. The van der Waals surface area contributed by atoms with Crippen molar-refractivity contribution >= 4 is 24.4 Å². The van der Waals surface area contributed by atoms with Gasteiger partial charge in [-0.25, -0.2) is 19.2 Å². The number of hydrogen-bond donors (Lipinski definition) is 4. The number of hydrogen-bond acceptors (Lipinski definition) is 8. The zero-order chi connectivity index (χ0) is 35.9. The minimum Gasteiger partial charge on any atom is -0.410 e. The SMILES string of the molecule is O=C(NCCCCCCNC(=O)Oc1cccc(-c2ccc(OC(=O)NCCCCCNC(=O)Oc3ccccc3)cc2)c1)Oc1ccccc1. The van der Waals surface area contributed by atoms with Crippen LogP contribution in [0.25, 0.3) is 11.1 Å². The van der Waals surface area contributed by atoms with Gasteiger partial charge in [-0.1, -0.05) is 73.5 Å². The first-order valence-electron chi connectivity index (χ1n) is 17.1. The number of nitrogens with one attached hydrogen (secondary N) is 4. The Labute approximate surface area is 297 Å². The second-order valence-corrected chi connectivity index (χ2v) is 11.4. The summed E-state index contributed by atoms with van der Waals surface area (Å²) >= 11 is 0. The number of benzene rings is 4. The fourth-order valence-electron chi connectivity index (χ4n) is 4.80. The quantitative estimate of drug-likeness (QED) is 0.0768. The molecule has 0 aliphatic carbocycles. The highest BCUT2D eigenvalue weighted by atomic mass is 16.6. The molecule has 0 heterocycles. The van der Waals surface area contributed by atoms with Gasteiger partial charge in [-0.05, 0) is 91.8 Å². The van der Waals surface area contributed by atoms with Gasteiger partial charge in [-0.15, -0.1) is 0 Å². The van der Waals surface area contributed by atoms with Crippen LogP contribution in [0.15, 0.2) is 109 Å². The van der Waals surface area contributed by atoms with Crippen LogP contribution in [-0.2, 0) is 0 Å². The highest BCUT2D eigenvalue weighted by Crippen LogP contribution is 2.26. The third-order valence-electron chi connectivity index (χ3n) is 7.38. The van der Waals surface area contributed by atoms with E-state index in [-0.39, 0.29) is 0 Å². The van der Waals surface area contributed by atoms with E-state index < -0.39 is 24.4 Å². The molecule has 0 aromatic heterocycles. The monoisotopic (exact) mass is 696 g/mol. The van der Waals surface area contributed by atoms with Crippen molar-refractivity contribution in [1.82, 2.24) is 21.3 Å². The number of amides is 4. The van der Waals surface area contributed by atoms with Crippen LogP contribution in [-0.4, -0.2) is 50.6 Å². The first-order valence-corrected chi connectivity index (χ1v) is 17.1. The summed E-state index contributed by atoms with van der Waals surface area (Å²) in [6.07, 6.45) is 3.60. The zero-order valence-electron chi connectivity index (χ0n) is 28.4. The molecule has 0 bridgehead atoms. The third-order valence-corrected chi connectivity index (χ3v) is 7.38. The van der Waals surface area contributed by atoms with Gasteiger partial charge in [0.25, 0.3) is 0 Å². The maximum atomic E-state index is 12.3. The average Bonchev–Trinajstić information content (AvgIpc) is 3.13. The van der Waals surface area contributed by atoms with E-state index >= 15 is 0 Å². The second-order valence-electron chi connectivity index (χ2n) is 11.4. The highest BCUT2D eigenvalue weighted by Gasteiger charge is 2.09. The Bertz CT molecular complexity index is 1650. The molecular formula is C39H44N4O8. The van der Waals surface area contributed by atoms with Crippen LogP contribution in [0.2, 0.25) is 0 Å². The molecule has 0 radical (unpaired) electrons. The van der Waals surface area contributed by atoms with Crippen LogP contribution in [0, 0.1) is 0 Å². The summed E-state index contributed by atoms with van der Waals surface area (Å²) in [4.78, 5) is 48.1. The number of para-hydroxylation sites is 2. The molecule has 4 amide bonds. The molecule has 268 valence electrons. The second kappa shape index (κ2) is 21.8. The van der Waals surface area contributed by atoms with Crippen molar-refractivity contribution in [2.45, 2.75) is 44.9 Å². The standard InChI is InChI=1S/C39H44N4O8/c44-36(48-32-16-6-3-7-17-32)40-25-10-1-2-11-26-43-39(47)51-35-20-14-15-31(29-35)30-21-23-34(24-22-30)50-38(46)42-28-13-5-12-27-41-37(45)49-33-18-8-4-9-19-33/h3-4,6-9,14-24,29H,1-2,5,10-13,25-28H2,(H,40,44)(H,41,45)(H,42,46)(H,43,47). The molecular weight excluding hydrogens is 652 g/mol. The van der Waals surface area contributed by atoms with Crippen LogP contribution in [0.4, 0.5) is 19.2 Å². The lowest BCUT2D eigenvalue weighted by Crippen LogP contribution is -2.29. The summed E-state index contributed by atoms with van der Waals surface area (Å²) in [5.41, 5.74) is 1.69. The molecule has 51 heavy (non-hydrogen) atoms. The van der Waals surface area contributed by atoms with Gasteiger partial charge < -0.3 is 40.2 Å². The Morgan fingerprint density at radius 2 is 0.706 bits per heavy atom. The molecule has 0 aliphatic rings. The Morgan fingerprint density at radius 3 is 1.14 bits per heavy atom. The fourth-order valence-corrected chi connectivity index (χ4v) is 4.80. The van der Waals surface area contributed by atoms with Crippen molar-refractivity contribution in [3.8, 4) is 34.1 Å². The molecule has 0 aliphatic heterocycles. The maximum absolute atomic E-state index is 12.3. The topological polar surface area (TPSA) is 153 Å². The molecule has 0 atom stereocenters. The van der Waals surface area contributed by atoms with Gasteiger partial charge in [0.2, 0.25) is 0 Å². The Balaban J connectivity index is 1.03. The van der Waals surface area contributed by atoms with Crippen molar-refractivity contribution in [3.05, 3.63) is 109 Å². The molecule has 4 rings (SSSR count). The lowest BCUT2D eigenvalue weighted by Gasteiger charge is -2.10. The van der Waals surface area contributed by atoms with Crippen molar-refractivity contribution in [1.29, 1.82) is 0 Å². The Kier molecular flexibility index (Phi) is 16.2. The lowest BCUT2D eigenvalue weighted by molar-refractivity contribution is 0.198. The lowest BCUT2D eigenvalue weighted by atomic mass is 10.1. The van der Waals surface area contributed by atoms with Gasteiger partial charge in [0.15, 0.2) is 0 Å². The predicted octanol–water partition coefficient (Wildman–Crippen LogP) is 7.84. The largest absolute Gasteiger partial charge is 0.412 e. The minimum absolute atomic E-state index is 0.394. The number of ether oxygens (including phenoxy) is 4. The van der Waals surface area contributed by atoms with Crippen LogP contribution >= 0.6 is 0 Å². The van der Waals surface area contributed by atoms with E-state index in [0.717, 1.165) is 56.1 Å². The van der Waals surface area contributed by atoms with E-state index in [2.05, 4.69) is 21.3 Å². The average molecular weight is 697 g/mol. The van der Waals surface area contributed by atoms with E-state index in [0.29, 0.717) is 49.2 Å². The van der Waals surface area contributed by atoms with Crippen molar-refractivity contribution < 1.29 is 38.1 Å². The van der Waals surface area contributed by atoms with Crippen molar-refractivity contribution in [2.75, 3.05) is 26.2 Å². The van der Waals surface area contributed by atoms with Crippen LogP contribution in [0.3, 0.4) is 0 Å². The normalized spacial score (nSPS) is 10.4. The summed E-state index contributed by atoms with van der Waals surface area (Å²) in [6, 6.07) is 31.9. The van der Waals surface area contributed by atoms with Gasteiger partial charge in [-0.2, -0.15) is 0 Å². The van der Waals surface area contributed by atoms with Crippen molar-refractivity contribution in [2.24, 2.45) is 0 Å². The molecule has 12 nitrogen and oxygen atoms in total. The first kappa shape index (κ1) is 37.8. The predicted molar refractivity (Wildman–Crippen MR) is 193 cm³/mol. The minimum atomic E-state index is -0.549. The van der Waals surface area contributed by atoms with Gasteiger partial charge in [0, 0.05) is 26.2 Å². The summed E-state index contributed by atoms with van der Waals surface area (Å²) < 4.78 is 21.2. The summed E-state index contributed by atoms with van der Waals surface area (Å²) in [5.74, 6) is 1.78. The summed E-state index contributed by atoms with van der Waals surface area (Å²) in [6.45, 7) is 1.91. The molecule has 12 heteroatoms. The Hall–Kier alpha value is -6.04. The number of carbonyl (C=O) groups is 4. The number of carbonyl (C=O) groups excluding carboxylic acids is 4. The van der Waals surface area contributed by atoms with Gasteiger partial charge in [0.05, 0.1) is 0 Å². The van der Waals surface area contributed by atoms with E-state index in [4.69, 9.17) is 18.9 Å². The van der Waals surface area contributed by atoms with Gasteiger partial charge >= 0.3 is 24.4 Å². The molecule has 4 N–H and O–H groups in total. The van der Waals surface area contributed by atoms with Gasteiger partial charge in [0.1, 0.15) is 23.0 Å². The van der Waals surface area contributed by atoms with Crippen LogP contribution in [0.1, 0.15) is 44.9 Å². The molecule has 0 unspecified atom stereocenters. The summed E-state index contributed by atoms with van der Waals surface area (Å²) in [7, 11) is 0. The molecule has 4 aromatic rings. The molecule has 0 spiro atoms. The molecule has 4 aromatic carbocycles. The van der Waals surface area contributed by atoms with Crippen LogP contribution < -0.4 is 40.2 Å². The fraction of sp³-hybridized carbons (Fsp3) is 0.282. The molecule has 0 fully saturated rings. The third kappa shape index (κ3) is 15.4. The maximum Gasteiger partial charge on any atom is 0.412 e. The van der Waals surface area contributed by atoms with Gasteiger partial charge in [-0.3, -0.25) is 0 Å². The number of unbranched alkanes of at least 4 members (excludes halogenated alkanes) is 5. The van der Waals surface area contributed by atoms with E-state index in [1.165, 1.54) is 0 Å².